The van der Waals surface area contributed by atoms with Gasteiger partial charge in [0.25, 0.3) is 0 Å². The smallest absolute Gasteiger partial charge is 0.236 e. The zero-order valence-corrected chi connectivity index (χ0v) is 10.6. The molecule has 1 N–H and O–H groups in total. The summed E-state index contributed by atoms with van der Waals surface area (Å²) in [5.74, 6) is -1.13. The van der Waals surface area contributed by atoms with Crippen molar-refractivity contribution in [3.63, 3.8) is 0 Å². The number of hydrogen-bond acceptors (Lipinski definition) is 5. The van der Waals surface area contributed by atoms with Gasteiger partial charge in [0.2, 0.25) is 9.05 Å². The number of rotatable bonds is 3. The first-order valence-corrected chi connectivity index (χ1v) is 8.41. The van der Waals surface area contributed by atoms with Crippen LogP contribution < -0.4 is 0 Å². The second-order valence-corrected chi connectivity index (χ2v) is 7.95. The molecule has 0 heterocycles. The number of sulfone groups is 1. The van der Waals surface area contributed by atoms with Crippen molar-refractivity contribution >= 4 is 29.6 Å². The Labute approximate surface area is 98.0 Å². The molecule has 1 aromatic rings. The number of hydrogen-bond donors (Lipinski definition) is 1. The van der Waals surface area contributed by atoms with E-state index in [4.69, 9.17) is 10.7 Å². The Bertz CT molecular complexity index is 603. The van der Waals surface area contributed by atoms with Crippen LogP contribution in [0.3, 0.4) is 0 Å². The third-order valence-electron chi connectivity index (χ3n) is 1.77. The average molecular weight is 285 g/mol. The van der Waals surface area contributed by atoms with Crippen LogP contribution in [0.25, 0.3) is 0 Å². The second kappa shape index (κ2) is 4.23. The number of benzene rings is 1. The summed E-state index contributed by atoms with van der Waals surface area (Å²) in [5.41, 5.74) is -0.0440. The van der Waals surface area contributed by atoms with Crippen molar-refractivity contribution in [3.8, 4) is 5.75 Å². The van der Waals surface area contributed by atoms with E-state index < -0.39 is 35.3 Å². The molecule has 16 heavy (non-hydrogen) atoms. The molecular weight excluding hydrogens is 276 g/mol. The first-order chi connectivity index (χ1) is 7.11. The van der Waals surface area contributed by atoms with E-state index in [1.165, 1.54) is 18.2 Å². The third-order valence-corrected chi connectivity index (χ3v) is 3.97. The van der Waals surface area contributed by atoms with Crippen LogP contribution in [0, 0.1) is 0 Å². The van der Waals surface area contributed by atoms with Crippen molar-refractivity contribution < 1.29 is 21.9 Å². The van der Waals surface area contributed by atoms with Crippen molar-refractivity contribution in [2.45, 2.75) is 10.6 Å². The Kier molecular flexibility index (Phi) is 3.51. The van der Waals surface area contributed by atoms with Gasteiger partial charge in [0.1, 0.15) is 10.6 Å². The molecule has 0 saturated heterocycles. The fraction of sp³-hybridized carbons (Fsp3) is 0.250. The predicted octanol–water partition coefficient (Wildman–Crippen LogP) is 0.864. The highest BCUT2D eigenvalue weighted by Gasteiger charge is 2.21. The lowest BCUT2D eigenvalue weighted by atomic mass is 10.2. The van der Waals surface area contributed by atoms with E-state index in [0.717, 1.165) is 6.26 Å². The largest absolute Gasteiger partial charge is 0.507 e. The Balaban J connectivity index is 3.48. The third kappa shape index (κ3) is 3.36. The molecule has 0 amide bonds. The lowest BCUT2D eigenvalue weighted by Crippen LogP contribution is -2.05. The van der Waals surface area contributed by atoms with Crippen LogP contribution >= 0.6 is 10.7 Å². The zero-order chi connectivity index (χ0) is 12.6. The first-order valence-electron chi connectivity index (χ1n) is 4.04. The van der Waals surface area contributed by atoms with Crippen LogP contribution in [-0.4, -0.2) is 28.2 Å². The van der Waals surface area contributed by atoms with Crippen LogP contribution in [0.5, 0.6) is 5.75 Å². The van der Waals surface area contributed by atoms with Crippen LogP contribution in [0.2, 0.25) is 0 Å². The molecule has 0 radical (unpaired) electrons. The number of phenols is 1. The molecule has 1 aromatic carbocycles. The summed E-state index contributed by atoms with van der Waals surface area (Å²) in [6, 6.07) is 3.80. The van der Waals surface area contributed by atoms with Crippen LogP contribution in [0.15, 0.2) is 23.1 Å². The lowest BCUT2D eigenvalue weighted by Gasteiger charge is -2.07. The Morgan fingerprint density at radius 1 is 1.25 bits per heavy atom. The summed E-state index contributed by atoms with van der Waals surface area (Å²) in [4.78, 5) is -0.403. The van der Waals surface area contributed by atoms with Crippen molar-refractivity contribution in [3.05, 3.63) is 23.8 Å². The van der Waals surface area contributed by atoms with Gasteiger partial charge in [0.15, 0.2) is 9.84 Å². The quantitative estimate of drug-likeness (QED) is 0.832. The molecule has 0 aromatic heterocycles. The lowest BCUT2D eigenvalue weighted by molar-refractivity contribution is 0.458. The maximum atomic E-state index is 11.4. The molecular formula is C8H9ClO5S2. The van der Waals surface area contributed by atoms with Gasteiger partial charge >= 0.3 is 0 Å². The Morgan fingerprint density at radius 2 is 1.81 bits per heavy atom. The van der Waals surface area contributed by atoms with E-state index in [1.54, 1.807) is 0 Å². The van der Waals surface area contributed by atoms with E-state index in [1.807, 2.05) is 0 Å². The summed E-state index contributed by atoms with van der Waals surface area (Å²) in [6.45, 7) is 0. The van der Waals surface area contributed by atoms with E-state index in [-0.39, 0.29) is 5.56 Å². The second-order valence-electron chi connectivity index (χ2n) is 3.22. The summed E-state index contributed by atoms with van der Waals surface area (Å²) in [6.07, 6.45) is 0.881. The van der Waals surface area contributed by atoms with Crippen molar-refractivity contribution in [1.82, 2.24) is 0 Å². The molecule has 90 valence electrons. The van der Waals surface area contributed by atoms with E-state index in [9.17, 15) is 21.9 Å². The highest BCUT2D eigenvalue weighted by atomic mass is 35.7. The Hall–Kier alpha value is -0.790. The van der Waals surface area contributed by atoms with Gasteiger partial charge in [-0.25, -0.2) is 16.8 Å². The molecule has 0 saturated carbocycles. The van der Waals surface area contributed by atoms with Gasteiger partial charge in [-0.3, -0.25) is 0 Å². The van der Waals surface area contributed by atoms with Crippen LogP contribution in [0.1, 0.15) is 5.56 Å². The van der Waals surface area contributed by atoms with E-state index >= 15 is 0 Å². The van der Waals surface area contributed by atoms with Gasteiger partial charge in [0.05, 0.1) is 5.75 Å². The van der Waals surface area contributed by atoms with Crippen LogP contribution in [0.4, 0.5) is 0 Å². The molecule has 1 rings (SSSR count). The fourth-order valence-electron chi connectivity index (χ4n) is 1.30. The van der Waals surface area contributed by atoms with E-state index in [0.29, 0.717) is 0 Å². The minimum Gasteiger partial charge on any atom is -0.507 e. The molecule has 5 nitrogen and oxygen atoms in total. The first kappa shape index (κ1) is 13.3. The molecule has 0 bridgehead atoms. The zero-order valence-electron chi connectivity index (χ0n) is 8.21. The number of halogens is 1. The van der Waals surface area contributed by atoms with Crippen molar-refractivity contribution in [2.75, 3.05) is 6.26 Å². The number of aromatic hydroxyl groups is 1. The van der Waals surface area contributed by atoms with Crippen molar-refractivity contribution in [2.24, 2.45) is 0 Å². The maximum Gasteiger partial charge on any atom is 0.236 e. The maximum absolute atomic E-state index is 11.4. The van der Waals surface area contributed by atoms with Gasteiger partial charge in [-0.1, -0.05) is 12.1 Å². The van der Waals surface area contributed by atoms with Gasteiger partial charge in [0, 0.05) is 16.9 Å². The molecule has 0 fully saturated rings. The average Bonchev–Trinajstić information content (AvgIpc) is 1.97. The molecule has 0 aliphatic rings. The van der Waals surface area contributed by atoms with Crippen LogP contribution in [-0.2, 0) is 24.6 Å². The monoisotopic (exact) mass is 284 g/mol. The molecule has 0 atom stereocenters. The molecule has 8 heteroatoms. The summed E-state index contributed by atoms with van der Waals surface area (Å²) in [7, 11) is -2.55. The minimum atomic E-state index is -3.88. The van der Waals surface area contributed by atoms with E-state index in [2.05, 4.69) is 0 Å². The van der Waals surface area contributed by atoms with Crippen molar-refractivity contribution in [1.29, 1.82) is 0 Å². The predicted molar refractivity (Wildman–Crippen MR) is 59.7 cm³/mol. The molecule has 0 aliphatic carbocycles. The topological polar surface area (TPSA) is 88.5 Å². The fourth-order valence-corrected chi connectivity index (χ4v) is 3.42. The number of phenolic OH excluding ortho intramolecular Hbond substituents is 1. The highest BCUT2D eigenvalue weighted by Crippen LogP contribution is 2.28. The standard InChI is InChI=1S/C8H9ClO5S2/c1-15(11,12)8-6(5-16(9,13)14)3-2-4-7(8)10/h2-4,10H,5H2,1H3. The molecule has 0 spiro atoms. The van der Waals surface area contributed by atoms with Gasteiger partial charge < -0.3 is 5.11 Å². The Morgan fingerprint density at radius 3 is 2.25 bits per heavy atom. The van der Waals surface area contributed by atoms with Gasteiger partial charge in [-0.15, -0.1) is 0 Å². The highest BCUT2D eigenvalue weighted by molar-refractivity contribution is 8.13. The summed E-state index contributed by atoms with van der Waals surface area (Å²) in [5, 5.41) is 9.41. The summed E-state index contributed by atoms with van der Waals surface area (Å²) < 4.78 is 44.5. The normalized spacial score (nSPS) is 12.6. The van der Waals surface area contributed by atoms with Gasteiger partial charge in [-0.05, 0) is 11.6 Å². The van der Waals surface area contributed by atoms with Gasteiger partial charge in [-0.2, -0.15) is 0 Å². The molecule has 0 aliphatic heterocycles. The summed E-state index contributed by atoms with van der Waals surface area (Å²) >= 11 is 0. The minimum absolute atomic E-state index is 0.0440. The SMILES string of the molecule is CS(=O)(=O)c1c(O)cccc1CS(=O)(=O)Cl. The molecule has 0 unspecified atom stereocenters.